The van der Waals surface area contributed by atoms with Gasteiger partial charge in [-0.15, -0.1) is 0 Å². The molecule has 0 spiro atoms. The molecule has 0 saturated carbocycles. The van der Waals surface area contributed by atoms with Crippen molar-refractivity contribution in [1.29, 1.82) is 0 Å². The number of rotatable bonds is 9. The molecule has 6 aromatic rings. The van der Waals surface area contributed by atoms with E-state index in [1.807, 2.05) is 30.3 Å². The van der Waals surface area contributed by atoms with E-state index in [-0.39, 0.29) is 12.6 Å². The summed E-state index contributed by atoms with van der Waals surface area (Å²) < 4.78 is 12.3. The number of furan rings is 1. The Morgan fingerprint density at radius 2 is 1.60 bits per heavy atom. The summed E-state index contributed by atoms with van der Waals surface area (Å²) >= 11 is 1.50. The number of benzene rings is 3. The van der Waals surface area contributed by atoms with Gasteiger partial charge in [0.15, 0.2) is 11.3 Å². The lowest BCUT2D eigenvalue weighted by molar-refractivity contribution is 0.0402. The molecule has 1 unspecified atom stereocenters. The fourth-order valence-corrected chi connectivity index (χ4v) is 6.73. The van der Waals surface area contributed by atoms with Gasteiger partial charge >= 0.3 is 0 Å². The van der Waals surface area contributed by atoms with Crippen LogP contribution in [-0.2, 0) is 0 Å². The summed E-state index contributed by atoms with van der Waals surface area (Å²) in [6.07, 6.45) is 2.94. The summed E-state index contributed by atoms with van der Waals surface area (Å²) in [4.78, 5) is 14.6. The van der Waals surface area contributed by atoms with Crippen LogP contribution in [0.3, 0.4) is 0 Å². The molecule has 0 aliphatic carbocycles. The Labute approximate surface area is 248 Å². The number of hydrogen-bond acceptors (Lipinski definition) is 8. The first kappa shape index (κ1) is 26.8. The van der Waals surface area contributed by atoms with Crippen molar-refractivity contribution in [1.82, 2.24) is 19.8 Å². The van der Waals surface area contributed by atoms with Gasteiger partial charge in [0.25, 0.3) is 0 Å². The Kier molecular flexibility index (Phi) is 7.68. The molecule has 7 nitrogen and oxygen atoms in total. The number of para-hydroxylation sites is 1. The SMILES string of the molecule is OC(COc1cccc2c1oc1sc(-c3cccnc3)nc12)CN1CCN(C(c2ccccc2)c2ccccc2)CC1. The summed E-state index contributed by atoms with van der Waals surface area (Å²) in [5, 5.41) is 12.7. The van der Waals surface area contributed by atoms with Crippen LogP contribution in [-0.4, -0.2) is 70.3 Å². The number of aliphatic hydroxyl groups is 1. The smallest absolute Gasteiger partial charge is 0.209 e. The van der Waals surface area contributed by atoms with E-state index in [0.29, 0.717) is 17.9 Å². The van der Waals surface area contributed by atoms with E-state index in [2.05, 4.69) is 75.4 Å². The quantitative estimate of drug-likeness (QED) is 0.218. The second-order valence-corrected chi connectivity index (χ2v) is 11.6. The number of ether oxygens (including phenoxy) is 1. The summed E-state index contributed by atoms with van der Waals surface area (Å²) in [6, 6.07) is 31.4. The zero-order valence-electron chi connectivity index (χ0n) is 23.2. The maximum atomic E-state index is 10.9. The minimum Gasteiger partial charge on any atom is -0.487 e. The second-order valence-electron chi connectivity index (χ2n) is 10.7. The van der Waals surface area contributed by atoms with E-state index in [1.54, 1.807) is 12.4 Å². The molecule has 1 fully saturated rings. The zero-order chi connectivity index (χ0) is 28.3. The highest BCUT2D eigenvalue weighted by molar-refractivity contribution is 7.21. The van der Waals surface area contributed by atoms with Crippen LogP contribution >= 0.6 is 11.3 Å². The molecule has 1 aliphatic rings. The molecule has 8 heteroatoms. The van der Waals surface area contributed by atoms with Gasteiger partial charge in [0.1, 0.15) is 23.2 Å². The highest BCUT2D eigenvalue weighted by atomic mass is 32.1. The monoisotopic (exact) mass is 576 g/mol. The second kappa shape index (κ2) is 12.0. The molecule has 3 aromatic heterocycles. The van der Waals surface area contributed by atoms with Crippen molar-refractivity contribution in [2.45, 2.75) is 12.1 Å². The van der Waals surface area contributed by atoms with Crippen molar-refractivity contribution >= 4 is 32.7 Å². The van der Waals surface area contributed by atoms with Crippen molar-refractivity contribution in [3.8, 4) is 16.3 Å². The molecule has 4 heterocycles. The molecule has 1 aliphatic heterocycles. The number of nitrogens with zero attached hydrogens (tertiary/aromatic N) is 4. The van der Waals surface area contributed by atoms with Crippen molar-refractivity contribution in [2.75, 3.05) is 39.3 Å². The van der Waals surface area contributed by atoms with Crippen molar-refractivity contribution < 1.29 is 14.3 Å². The van der Waals surface area contributed by atoms with Gasteiger partial charge in [-0.25, -0.2) is 4.98 Å². The molecule has 7 rings (SSSR count). The van der Waals surface area contributed by atoms with Gasteiger partial charge in [-0.05, 0) is 35.4 Å². The number of fused-ring (bicyclic) bond motifs is 3. The third-order valence-electron chi connectivity index (χ3n) is 7.84. The fraction of sp³-hybridized carbons (Fsp3) is 0.235. The van der Waals surface area contributed by atoms with E-state index in [9.17, 15) is 5.11 Å². The Balaban J connectivity index is 0.978. The summed E-state index contributed by atoms with van der Waals surface area (Å²) in [5.41, 5.74) is 5.07. The van der Waals surface area contributed by atoms with Crippen molar-refractivity contribution in [2.24, 2.45) is 0 Å². The predicted molar refractivity (Wildman–Crippen MR) is 167 cm³/mol. The fourth-order valence-electron chi connectivity index (χ4n) is 5.80. The highest BCUT2D eigenvalue weighted by Crippen LogP contribution is 2.39. The number of thiazole rings is 1. The molecule has 1 N–H and O–H groups in total. The van der Waals surface area contributed by atoms with E-state index in [4.69, 9.17) is 14.1 Å². The largest absolute Gasteiger partial charge is 0.487 e. The molecular formula is C34H32N4O3S. The molecule has 3 aromatic carbocycles. The topological polar surface area (TPSA) is 74.9 Å². The van der Waals surface area contributed by atoms with Crippen LogP contribution in [0.5, 0.6) is 5.75 Å². The van der Waals surface area contributed by atoms with Crippen LogP contribution in [0.15, 0.2) is 108 Å². The molecule has 1 saturated heterocycles. The lowest BCUT2D eigenvalue weighted by atomic mass is 9.96. The summed E-state index contributed by atoms with van der Waals surface area (Å²) in [6.45, 7) is 4.40. The standard InChI is InChI=1S/C34H32N4O3S/c39-27(22-37-17-19-38(20-18-37)31(24-9-3-1-4-10-24)25-11-5-2-6-12-25)23-40-29-15-7-14-28-30-34(41-32(28)29)42-33(36-30)26-13-8-16-35-21-26/h1-16,21,27,31,39H,17-20,22-23H2. The number of pyridine rings is 1. The maximum Gasteiger partial charge on any atom is 0.209 e. The minimum absolute atomic E-state index is 0.193. The maximum absolute atomic E-state index is 10.9. The Morgan fingerprint density at radius 3 is 2.29 bits per heavy atom. The highest BCUT2D eigenvalue weighted by Gasteiger charge is 2.27. The van der Waals surface area contributed by atoms with E-state index in [1.165, 1.54) is 22.5 Å². The summed E-state index contributed by atoms with van der Waals surface area (Å²) in [7, 11) is 0. The normalized spacial score (nSPS) is 15.5. The molecule has 1 atom stereocenters. The number of piperazine rings is 1. The van der Waals surface area contributed by atoms with Crippen LogP contribution in [0.1, 0.15) is 17.2 Å². The number of aliphatic hydroxyl groups excluding tert-OH is 1. The molecule has 212 valence electrons. The van der Waals surface area contributed by atoms with Crippen LogP contribution in [0.25, 0.3) is 32.0 Å². The predicted octanol–water partition coefficient (Wildman–Crippen LogP) is 6.25. The lowest BCUT2D eigenvalue weighted by Crippen LogP contribution is -2.50. The Bertz CT molecular complexity index is 1710. The van der Waals surface area contributed by atoms with Gasteiger partial charge in [0.05, 0.1) is 11.4 Å². The number of aromatic nitrogens is 2. The Hall–Kier alpha value is -4.08. The zero-order valence-corrected chi connectivity index (χ0v) is 24.0. The number of hydrogen-bond donors (Lipinski definition) is 1. The van der Waals surface area contributed by atoms with Crippen molar-refractivity contribution in [3.63, 3.8) is 0 Å². The van der Waals surface area contributed by atoms with E-state index in [0.717, 1.165) is 52.5 Å². The van der Waals surface area contributed by atoms with Crippen LogP contribution < -0.4 is 4.74 Å². The van der Waals surface area contributed by atoms with E-state index >= 15 is 0 Å². The number of β-amino-alcohol motifs (C(OH)–C–C–N with tert-alkyl or cyclic N) is 1. The Morgan fingerprint density at radius 1 is 0.857 bits per heavy atom. The first-order valence-electron chi connectivity index (χ1n) is 14.3. The lowest BCUT2D eigenvalue weighted by Gasteiger charge is -2.40. The van der Waals surface area contributed by atoms with Crippen LogP contribution in [0.4, 0.5) is 0 Å². The van der Waals surface area contributed by atoms with Crippen molar-refractivity contribution in [3.05, 3.63) is 115 Å². The van der Waals surface area contributed by atoms with Gasteiger partial charge in [-0.2, -0.15) is 0 Å². The molecule has 0 bridgehead atoms. The first-order valence-corrected chi connectivity index (χ1v) is 15.1. The van der Waals surface area contributed by atoms with Gasteiger partial charge in [0.2, 0.25) is 4.90 Å². The minimum atomic E-state index is -0.614. The third-order valence-corrected chi connectivity index (χ3v) is 8.82. The summed E-state index contributed by atoms with van der Waals surface area (Å²) in [5.74, 6) is 0.623. The van der Waals surface area contributed by atoms with Gasteiger partial charge in [-0.3, -0.25) is 14.8 Å². The average molecular weight is 577 g/mol. The molecule has 0 radical (unpaired) electrons. The van der Waals surface area contributed by atoms with Gasteiger partial charge < -0.3 is 14.3 Å². The first-order chi connectivity index (χ1) is 20.7. The van der Waals surface area contributed by atoms with Gasteiger partial charge in [-0.1, -0.05) is 78.1 Å². The average Bonchev–Trinajstić information content (AvgIpc) is 3.62. The van der Waals surface area contributed by atoms with Crippen LogP contribution in [0.2, 0.25) is 0 Å². The molecule has 42 heavy (non-hydrogen) atoms. The van der Waals surface area contributed by atoms with Gasteiger partial charge in [0, 0.05) is 50.7 Å². The molecule has 0 amide bonds. The van der Waals surface area contributed by atoms with E-state index < -0.39 is 6.10 Å². The van der Waals surface area contributed by atoms with Crippen LogP contribution in [0, 0.1) is 0 Å². The molecular weight excluding hydrogens is 544 g/mol. The third kappa shape index (κ3) is 5.54.